The Kier molecular flexibility index (Phi) is 3.15. The zero-order valence-electron chi connectivity index (χ0n) is 8.96. The summed E-state index contributed by atoms with van der Waals surface area (Å²) < 4.78 is 2.17. The molecule has 0 atom stereocenters. The summed E-state index contributed by atoms with van der Waals surface area (Å²) in [6.07, 6.45) is 1.08. The van der Waals surface area contributed by atoms with Crippen molar-refractivity contribution < 1.29 is 5.11 Å². The van der Waals surface area contributed by atoms with Crippen LogP contribution in [0.25, 0.3) is 0 Å². The van der Waals surface area contributed by atoms with E-state index >= 15 is 0 Å². The van der Waals surface area contributed by atoms with Gasteiger partial charge in [0.25, 0.3) is 0 Å². The largest absolute Gasteiger partial charge is 0.392 e. The lowest BCUT2D eigenvalue weighted by Gasteiger charge is -2.07. The minimum atomic E-state index is 0.151. The highest BCUT2D eigenvalue weighted by Crippen LogP contribution is 2.16. The van der Waals surface area contributed by atoms with Gasteiger partial charge in [0.15, 0.2) is 0 Å². The molecule has 0 amide bonds. The van der Waals surface area contributed by atoms with Crippen molar-refractivity contribution in [3.63, 3.8) is 0 Å². The first-order chi connectivity index (χ1) is 6.06. The summed E-state index contributed by atoms with van der Waals surface area (Å²) in [5.41, 5.74) is 3.55. The highest BCUT2D eigenvalue weighted by Gasteiger charge is 2.08. The number of hydrogen-bond donors (Lipinski definition) is 1. The first-order valence-electron chi connectivity index (χ1n) is 4.81. The molecule has 1 heterocycles. The van der Waals surface area contributed by atoms with Crippen LogP contribution in [0.5, 0.6) is 0 Å². The predicted octanol–water partition coefficient (Wildman–Crippen LogP) is 2.02. The van der Waals surface area contributed by atoms with Crippen LogP contribution in [-0.2, 0) is 20.1 Å². The van der Waals surface area contributed by atoms with Crippen LogP contribution in [-0.4, -0.2) is 9.67 Å². The van der Waals surface area contributed by atoms with Gasteiger partial charge in [-0.05, 0) is 30.9 Å². The van der Waals surface area contributed by atoms with Crippen molar-refractivity contribution in [3.8, 4) is 0 Å². The molecule has 13 heavy (non-hydrogen) atoms. The number of aliphatic hydroxyl groups excluding tert-OH is 1. The van der Waals surface area contributed by atoms with E-state index < -0.39 is 0 Å². The Hall–Kier alpha value is -0.760. The molecule has 1 rings (SSSR count). The average molecular weight is 181 g/mol. The Morgan fingerprint density at radius 3 is 2.46 bits per heavy atom. The summed E-state index contributed by atoms with van der Waals surface area (Å²) in [4.78, 5) is 0. The van der Waals surface area contributed by atoms with Gasteiger partial charge in [-0.25, -0.2) is 0 Å². The minimum absolute atomic E-state index is 0.151. The van der Waals surface area contributed by atoms with E-state index in [0.29, 0.717) is 5.92 Å². The Labute approximate surface area is 80.2 Å². The van der Waals surface area contributed by atoms with Crippen molar-refractivity contribution in [2.45, 2.75) is 33.8 Å². The lowest BCUT2D eigenvalue weighted by atomic mass is 10.1. The summed E-state index contributed by atoms with van der Waals surface area (Å²) >= 11 is 0. The van der Waals surface area contributed by atoms with E-state index in [1.54, 1.807) is 0 Å². The molecule has 1 N–H and O–H groups in total. The highest BCUT2D eigenvalue weighted by atomic mass is 16.3. The van der Waals surface area contributed by atoms with Crippen LogP contribution in [0, 0.1) is 12.8 Å². The molecule has 0 saturated carbocycles. The number of nitrogens with zero attached hydrogens (tertiary/aromatic N) is 1. The van der Waals surface area contributed by atoms with Gasteiger partial charge < -0.3 is 9.67 Å². The topological polar surface area (TPSA) is 25.2 Å². The summed E-state index contributed by atoms with van der Waals surface area (Å²) in [6.45, 7) is 6.62. The third-order valence-electron chi connectivity index (χ3n) is 2.53. The average Bonchev–Trinajstić information content (AvgIpc) is 2.32. The number of hydrogen-bond acceptors (Lipinski definition) is 1. The van der Waals surface area contributed by atoms with Crippen LogP contribution in [0.3, 0.4) is 0 Å². The number of aliphatic hydroxyl groups is 1. The normalized spacial score (nSPS) is 11.2. The monoisotopic (exact) mass is 181 g/mol. The van der Waals surface area contributed by atoms with E-state index in [1.807, 2.05) is 0 Å². The SMILES string of the molecule is Cc1c(CO)cc(CC(C)C)n1C. The predicted molar refractivity (Wildman–Crippen MR) is 54.6 cm³/mol. The molecule has 0 bridgehead atoms. The molecule has 0 aliphatic carbocycles. The van der Waals surface area contributed by atoms with Crippen LogP contribution in [0.1, 0.15) is 30.8 Å². The summed E-state index contributed by atoms with van der Waals surface area (Å²) in [7, 11) is 2.06. The quantitative estimate of drug-likeness (QED) is 0.758. The standard InChI is InChI=1S/C11H19NO/c1-8(2)5-11-6-10(7-13)9(3)12(11)4/h6,8,13H,5,7H2,1-4H3. The molecule has 0 aliphatic heterocycles. The van der Waals surface area contributed by atoms with Gasteiger partial charge >= 0.3 is 0 Å². The van der Waals surface area contributed by atoms with Crippen LogP contribution in [0.15, 0.2) is 6.07 Å². The maximum absolute atomic E-state index is 9.08. The van der Waals surface area contributed by atoms with E-state index in [4.69, 9.17) is 5.11 Å². The minimum Gasteiger partial charge on any atom is -0.392 e. The first kappa shape index (κ1) is 10.3. The van der Waals surface area contributed by atoms with Crippen LogP contribution in [0.4, 0.5) is 0 Å². The molecule has 1 aromatic rings. The molecule has 0 aliphatic rings. The maximum atomic E-state index is 9.08. The van der Waals surface area contributed by atoms with E-state index in [0.717, 1.165) is 12.0 Å². The van der Waals surface area contributed by atoms with E-state index in [2.05, 4.69) is 38.5 Å². The summed E-state index contributed by atoms with van der Waals surface area (Å²) in [6, 6.07) is 2.11. The molecule has 0 radical (unpaired) electrons. The maximum Gasteiger partial charge on any atom is 0.0699 e. The molecule has 0 unspecified atom stereocenters. The van der Waals surface area contributed by atoms with Gasteiger partial charge in [0.05, 0.1) is 6.61 Å². The summed E-state index contributed by atoms with van der Waals surface area (Å²) in [5.74, 6) is 0.666. The molecule has 0 saturated heterocycles. The van der Waals surface area contributed by atoms with Gasteiger partial charge in [-0.15, -0.1) is 0 Å². The molecule has 0 fully saturated rings. The molecular weight excluding hydrogens is 162 g/mol. The fourth-order valence-electron chi connectivity index (χ4n) is 1.61. The van der Waals surface area contributed by atoms with Crippen molar-refractivity contribution in [1.29, 1.82) is 0 Å². The van der Waals surface area contributed by atoms with Crippen LogP contribution in [0.2, 0.25) is 0 Å². The summed E-state index contributed by atoms with van der Waals surface area (Å²) in [5, 5.41) is 9.08. The smallest absolute Gasteiger partial charge is 0.0699 e. The van der Waals surface area contributed by atoms with Crippen molar-refractivity contribution in [2.75, 3.05) is 0 Å². The van der Waals surface area contributed by atoms with E-state index in [1.165, 1.54) is 11.4 Å². The highest BCUT2D eigenvalue weighted by molar-refractivity contribution is 5.26. The fraction of sp³-hybridized carbons (Fsp3) is 0.636. The molecule has 0 spiro atoms. The molecule has 74 valence electrons. The third-order valence-corrected chi connectivity index (χ3v) is 2.53. The second kappa shape index (κ2) is 3.97. The van der Waals surface area contributed by atoms with E-state index in [-0.39, 0.29) is 6.61 Å². The molecule has 2 heteroatoms. The van der Waals surface area contributed by atoms with Crippen molar-refractivity contribution in [2.24, 2.45) is 13.0 Å². The lowest BCUT2D eigenvalue weighted by molar-refractivity contribution is 0.281. The van der Waals surface area contributed by atoms with Gasteiger partial charge in [-0.2, -0.15) is 0 Å². The van der Waals surface area contributed by atoms with Crippen LogP contribution >= 0.6 is 0 Å². The van der Waals surface area contributed by atoms with Gasteiger partial charge in [0.1, 0.15) is 0 Å². The van der Waals surface area contributed by atoms with Gasteiger partial charge in [-0.1, -0.05) is 13.8 Å². The van der Waals surface area contributed by atoms with Crippen molar-refractivity contribution in [3.05, 3.63) is 23.0 Å². The third kappa shape index (κ3) is 2.13. The number of rotatable bonds is 3. The van der Waals surface area contributed by atoms with E-state index in [9.17, 15) is 0 Å². The number of aromatic nitrogens is 1. The zero-order chi connectivity index (χ0) is 10.0. The molecule has 2 nitrogen and oxygen atoms in total. The van der Waals surface area contributed by atoms with Gasteiger partial charge in [-0.3, -0.25) is 0 Å². The Morgan fingerprint density at radius 1 is 1.46 bits per heavy atom. The molecular formula is C11H19NO. The van der Waals surface area contributed by atoms with Crippen LogP contribution < -0.4 is 0 Å². The molecule has 0 aromatic carbocycles. The van der Waals surface area contributed by atoms with Gasteiger partial charge in [0.2, 0.25) is 0 Å². The fourth-order valence-corrected chi connectivity index (χ4v) is 1.61. The van der Waals surface area contributed by atoms with Gasteiger partial charge in [0, 0.05) is 18.4 Å². The molecule has 1 aromatic heterocycles. The zero-order valence-corrected chi connectivity index (χ0v) is 8.96. The van der Waals surface area contributed by atoms with Crippen molar-refractivity contribution >= 4 is 0 Å². The Bertz CT molecular complexity index is 287. The second-order valence-electron chi connectivity index (χ2n) is 4.06. The first-order valence-corrected chi connectivity index (χ1v) is 4.81. The Balaban J connectivity index is 2.95. The Morgan fingerprint density at radius 2 is 2.08 bits per heavy atom. The van der Waals surface area contributed by atoms with Crippen molar-refractivity contribution in [1.82, 2.24) is 4.57 Å². The lowest BCUT2D eigenvalue weighted by Crippen LogP contribution is -2.02. The second-order valence-corrected chi connectivity index (χ2v) is 4.06.